The first-order chi connectivity index (χ1) is 7.95. The van der Waals surface area contributed by atoms with Crippen LogP contribution < -0.4 is 5.32 Å². The normalized spacial score (nSPS) is 14.1. The number of rotatable bonds is 4. The minimum absolute atomic E-state index is 0.0683. The topological polar surface area (TPSA) is 12.0 Å². The average molecular weight is 237 g/mol. The summed E-state index contributed by atoms with van der Waals surface area (Å²) in [6.07, 6.45) is 5.75. The van der Waals surface area contributed by atoms with Crippen LogP contribution >= 0.6 is 0 Å². The van der Waals surface area contributed by atoms with Crippen molar-refractivity contribution in [2.45, 2.75) is 39.3 Å². The average Bonchev–Trinajstić information content (AvgIpc) is 2.23. The fraction of sp³-hybridized carbons (Fsp3) is 0.429. The molecular formula is C14H17F2N. The Bertz CT molecular complexity index is 435. The lowest BCUT2D eigenvalue weighted by Gasteiger charge is -2.19. The van der Waals surface area contributed by atoms with Crippen LogP contribution in [-0.2, 0) is 0 Å². The van der Waals surface area contributed by atoms with Gasteiger partial charge in [0, 0.05) is 24.1 Å². The predicted octanol–water partition coefficient (Wildman–Crippen LogP) is 3.34. The van der Waals surface area contributed by atoms with Crippen LogP contribution in [0.4, 0.5) is 8.78 Å². The summed E-state index contributed by atoms with van der Waals surface area (Å²) in [5, 5.41) is 3.14. The summed E-state index contributed by atoms with van der Waals surface area (Å²) in [4.78, 5) is 0. The lowest BCUT2D eigenvalue weighted by Crippen LogP contribution is -2.29. The Kier molecular flexibility index (Phi) is 4.65. The van der Waals surface area contributed by atoms with Crippen LogP contribution in [0.15, 0.2) is 12.1 Å². The molecule has 1 aromatic carbocycles. The number of halogens is 2. The molecule has 0 saturated heterocycles. The summed E-state index contributed by atoms with van der Waals surface area (Å²) >= 11 is 0. The molecule has 1 aromatic rings. The molecule has 2 atom stereocenters. The van der Waals surface area contributed by atoms with E-state index >= 15 is 0 Å². The van der Waals surface area contributed by atoms with Gasteiger partial charge in [0.2, 0.25) is 0 Å². The van der Waals surface area contributed by atoms with Crippen LogP contribution in [0.5, 0.6) is 0 Å². The second kappa shape index (κ2) is 5.79. The maximum absolute atomic E-state index is 13.7. The van der Waals surface area contributed by atoms with Crippen molar-refractivity contribution in [3.05, 3.63) is 34.9 Å². The molecule has 0 saturated carbocycles. The third-order valence-corrected chi connectivity index (χ3v) is 2.70. The summed E-state index contributed by atoms with van der Waals surface area (Å²) < 4.78 is 27.0. The maximum Gasteiger partial charge on any atom is 0.128 e. The maximum atomic E-state index is 13.7. The van der Waals surface area contributed by atoms with E-state index in [1.54, 1.807) is 13.8 Å². The number of nitrogens with one attached hydrogen (secondary N) is 1. The van der Waals surface area contributed by atoms with E-state index in [-0.39, 0.29) is 17.9 Å². The smallest absolute Gasteiger partial charge is 0.128 e. The zero-order chi connectivity index (χ0) is 13.0. The fourth-order valence-corrected chi connectivity index (χ4v) is 1.75. The zero-order valence-electron chi connectivity index (χ0n) is 10.3. The Balaban J connectivity index is 2.86. The van der Waals surface area contributed by atoms with E-state index in [1.807, 2.05) is 6.92 Å². The van der Waals surface area contributed by atoms with Crippen molar-refractivity contribution in [2.24, 2.45) is 0 Å². The second-order valence-corrected chi connectivity index (χ2v) is 4.32. The standard InChI is InChI=1S/C14H17F2N/c1-5-6-10(3)17-11(4)12-8-13(15)9(2)7-14(12)16/h1,7-8,10-11,17H,6H2,2-4H3. The van der Waals surface area contributed by atoms with Crippen LogP contribution in [0.25, 0.3) is 0 Å². The van der Waals surface area contributed by atoms with Crippen LogP contribution in [-0.4, -0.2) is 6.04 Å². The molecule has 92 valence electrons. The minimum Gasteiger partial charge on any atom is -0.307 e. The SMILES string of the molecule is C#CCC(C)NC(C)c1cc(F)c(C)cc1F. The highest BCUT2D eigenvalue weighted by molar-refractivity contribution is 5.27. The van der Waals surface area contributed by atoms with Gasteiger partial charge < -0.3 is 5.32 Å². The van der Waals surface area contributed by atoms with E-state index in [4.69, 9.17) is 6.42 Å². The van der Waals surface area contributed by atoms with Gasteiger partial charge in [0.25, 0.3) is 0 Å². The fourth-order valence-electron chi connectivity index (χ4n) is 1.75. The molecule has 0 aliphatic rings. The first kappa shape index (κ1) is 13.7. The van der Waals surface area contributed by atoms with Crippen LogP contribution in [0.2, 0.25) is 0 Å². The third kappa shape index (κ3) is 3.54. The van der Waals surface area contributed by atoms with Gasteiger partial charge >= 0.3 is 0 Å². The lowest BCUT2D eigenvalue weighted by molar-refractivity contribution is 0.463. The molecule has 0 heterocycles. The molecule has 0 amide bonds. The van der Waals surface area contributed by atoms with E-state index in [2.05, 4.69) is 11.2 Å². The predicted molar refractivity (Wildman–Crippen MR) is 65.6 cm³/mol. The molecule has 0 aromatic heterocycles. The molecule has 0 radical (unpaired) electrons. The molecule has 1 rings (SSSR count). The molecule has 1 N–H and O–H groups in total. The van der Waals surface area contributed by atoms with Crippen molar-refractivity contribution in [3.63, 3.8) is 0 Å². The number of terminal acetylenes is 1. The molecule has 0 aliphatic heterocycles. The van der Waals surface area contributed by atoms with Crippen molar-refractivity contribution in [1.29, 1.82) is 0 Å². The molecule has 1 nitrogen and oxygen atoms in total. The van der Waals surface area contributed by atoms with Crippen molar-refractivity contribution >= 4 is 0 Å². The lowest BCUT2D eigenvalue weighted by atomic mass is 10.0. The van der Waals surface area contributed by atoms with E-state index in [1.165, 1.54) is 12.1 Å². The number of aryl methyl sites for hydroxylation is 1. The van der Waals surface area contributed by atoms with Gasteiger partial charge in [-0.2, -0.15) is 0 Å². The van der Waals surface area contributed by atoms with Gasteiger partial charge in [0.1, 0.15) is 11.6 Å². The van der Waals surface area contributed by atoms with E-state index in [0.29, 0.717) is 17.5 Å². The van der Waals surface area contributed by atoms with Crippen molar-refractivity contribution in [1.82, 2.24) is 5.32 Å². The molecule has 0 spiro atoms. The van der Waals surface area contributed by atoms with Crippen molar-refractivity contribution in [2.75, 3.05) is 0 Å². The highest BCUT2D eigenvalue weighted by Gasteiger charge is 2.15. The van der Waals surface area contributed by atoms with Crippen molar-refractivity contribution in [3.8, 4) is 12.3 Å². The van der Waals surface area contributed by atoms with Gasteiger partial charge in [-0.05, 0) is 38.5 Å². The largest absolute Gasteiger partial charge is 0.307 e. The summed E-state index contributed by atoms with van der Waals surface area (Å²) in [6, 6.07) is 2.26. The van der Waals surface area contributed by atoms with Gasteiger partial charge in [0.05, 0.1) is 0 Å². The Morgan fingerprint density at radius 3 is 2.53 bits per heavy atom. The Hall–Kier alpha value is -1.40. The molecule has 2 unspecified atom stereocenters. The third-order valence-electron chi connectivity index (χ3n) is 2.70. The first-order valence-corrected chi connectivity index (χ1v) is 5.60. The summed E-state index contributed by atoms with van der Waals surface area (Å²) in [5.74, 6) is 1.75. The summed E-state index contributed by atoms with van der Waals surface area (Å²) in [7, 11) is 0. The minimum atomic E-state index is -0.392. The Morgan fingerprint density at radius 2 is 1.94 bits per heavy atom. The van der Waals surface area contributed by atoms with Gasteiger partial charge in [0.15, 0.2) is 0 Å². The first-order valence-electron chi connectivity index (χ1n) is 5.60. The Labute approximate surface area is 101 Å². The zero-order valence-corrected chi connectivity index (χ0v) is 10.3. The molecule has 17 heavy (non-hydrogen) atoms. The second-order valence-electron chi connectivity index (χ2n) is 4.32. The Morgan fingerprint density at radius 1 is 1.29 bits per heavy atom. The van der Waals surface area contributed by atoms with Gasteiger partial charge in [-0.25, -0.2) is 8.78 Å². The number of hydrogen-bond donors (Lipinski definition) is 1. The molecular weight excluding hydrogens is 220 g/mol. The quantitative estimate of drug-likeness (QED) is 0.792. The van der Waals surface area contributed by atoms with Gasteiger partial charge in [-0.1, -0.05) is 0 Å². The summed E-state index contributed by atoms with van der Waals surface area (Å²) in [5.41, 5.74) is 0.645. The van der Waals surface area contributed by atoms with Gasteiger partial charge in [-0.15, -0.1) is 12.3 Å². The van der Waals surface area contributed by atoms with E-state index in [0.717, 1.165) is 0 Å². The number of benzene rings is 1. The van der Waals surface area contributed by atoms with E-state index in [9.17, 15) is 8.78 Å². The monoisotopic (exact) mass is 237 g/mol. The molecule has 0 bridgehead atoms. The number of hydrogen-bond acceptors (Lipinski definition) is 1. The van der Waals surface area contributed by atoms with Crippen LogP contribution in [0.1, 0.15) is 37.4 Å². The van der Waals surface area contributed by atoms with Gasteiger partial charge in [-0.3, -0.25) is 0 Å². The molecule has 0 fully saturated rings. The van der Waals surface area contributed by atoms with Crippen LogP contribution in [0, 0.1) is 30.9 Å². The van der Waals surface area contributed by atoms with Crippen molar-refractivity contribution < 1.29 is 8.78 Å². The highest BCUT2D eigenvalue weighted by Crippen LogP contribution is 2.21. The van der Waals surface area contributed by atoms with E-state index < -0.39 is 5.82 Å². The molecule has 3 heteroatoms. The highest BCUT2D eigenvalue weighted by atomic mass is 19.1. The van der Waals surface area contributed by atoms with Crippen LogP contribution in [0.3, 0.4) is 0 Å². The molecule has 0 aliphatic carbocycles. The summed E-state index contributed by atoms with van der Waals surface area (Å²) in [6.45, 7) is 5.25.